The molecular weight excluding hydrogens is 481 g/mol. The van der Waals surface area contributed by atoms with E-state index < -0.39 is 98.4 Å². The molecule has 0 aliphatic carbocycles. The number of amides is 1. The predicted molar refractivity (Wildman–Crippen MR) is 108 cm³/mol. The fourth-order valence-corrected chi connectivity index (χ4v) is 3.75. The summed E-state index contributed by atoms with van der Waals surface area (Å²) >= 11 is 0. The highest BCUT2D eigenvalue weighted by Crippen LogP contribution is 2.33. The SMILES string of the molecule is CC(=O)N[C@@H]1[C@@H](O[C@@H]2O[C@H](COC(C)=O)[C@H](OC(C)=O)[C@H](F)[C@H]2OC(C)=O)[C@@H](O)[C@@H](CO)O[C@@H]1O. The summed E-state index contributed by atoms with van der Waals surface area (Å²) in [5, 5.41) is 32.7. The summed E-state index contributed by atoms with van der Waals surface area (Å²) in [4.78, 5) is 46.1. The van der Waals surface area contributed by atoms with E-state index in [4.69, 9.17) is 28.4 Å². The zero-order chi connectivity index (χ0) is 26.4. The minimum atomic E-state index is -2.24. The molecule has 15 heteroatoms. The van der Waals surface area contributed by atoms with Crippen LogP contribution >= 0.6 is 0 Å². The highest BCUT2D eigenvalue weighted by Gasteiger charge is 2.54. The number of nitrogens with one attached hydrogen (secondary N) is 1. The summed E-state index contributed by atoms with van der Waals surface area (Å²) in [6.45, 7) is 2.85. The molecule has 14 nitrogen and oxygen atoms in total. The van der Waals surface area contributed by atoms with Crippen molar-refractivity contribution in [2.75, 3.05) is 13.2 Å². The van der Waals surface area contributed by atoms with Crippen molar-refractivity contribution in [2.24, 2.45) is 0 Å². The van der Waals surface area contributed by atoms with Crippen molar-refractivity contribution in [3.63, 3.8) is 0 Å². The Labute approximate surface area is 199 Å². The Morgan fingerprint density at radius 2 is 1.49 bits per heavy atom. The molecule has 0 saturated carbocycles. The van der Waals surface area contributed by atoms with E-state index in [0.29, 0.717) is 0 Å². The number of ether oxygens (including phenoxy) is 6. The normalized spacial score (nSPS) is 37.1. The molecule has 10 atom stereocenters. The quantitative estimate of drug-likeness (QED) is 0.196. The first-order valence-electron chi connectivity index (χ1n) is 10.7. The van der Waals surface area contributed by atoms with E-state index in [1.165, 1.54) is 0 Å². The fourth-order valence-electron chi connectivity index (χ4n) is 3.75. The first-order chi connectivity index (χ1) is 16.3. The summed E-state index contributed by atoms with van der Waals surface area (Å²) in [6, 6.07) is -1.41. The molecule has 35 heavy (non-hydrogen) atoms. The maximum absolute atomic E-state index is 15.5. The third kappa shape index (κ3) is 7.52. The van der Waals surface area contributed by atoms with Crippen molar-refractivity contribution >= 4 is 23.8 Å². The van der Waals surface area contributed by atoms with E-state index in [1.807, 2.05) is 0 Å². The second-order valence-electron chi connectivity index (χ2n) is 8.00. The standard InChI is InChI=1S/C20H30FNO13/c1-7(24)22-14-18(15(28)11(5-23)33-19(14)29)35-20-17(32-10(4)27)13(21)16(31-9(3)26)12(34-20)6-30-8(2)25/h11-20,23,28-29H,5-6H2,1-4H3,(H,22,24)/t11-,12-,13+,14-,15+,16+,17-,18-,19+,20+/m1/s1. The van der Waals surface area contributed by atoms with Crippen molar-refractivity contribution in [3.8, 4) is 0 Å². The van der Waals surface area contributed by atoms with Gasteiger partial charge in [-0.3, -0.25) is 19.2 Å². The Morgan fingerprint density at radius 3 is 2.00 bits per heavy atom. The van der Waals surface area contributed by atoms with Crippen molar-refractivity contribution < 1.29 is 67.3 Å². The molecule has 0 unspecified atom stereocenters. The molecule has 0 aromatic carbocycles. The second kappa shape index (κ2) is 12.5. The van der Waals surface area contributed by atoms with Crippen molar-refractivity contribution in [1.82, 2.24) is 5.32 Å². The van der Waals surface area contributed by atoms with E-state index in [9.17, 15) is 34.5 Å². The zero-order valence-corrected chi connectivity index (χ0v) is 19.5. The number of aliphatic hydroxyl groups is 3. The van der Waals surface area contributed by atoms with Crippen LogP contribution in [0.1, 0.15) is 27.7 Å². The van der Waals surface area contributed by atoms with Gasteiger partial charge in [-0.25, -0.2) is 4.39 Å². The maximum Gasteiger partial charge on any atom is 0.303 e. The van der Waals surface area contributed by atoms with Crippen molar-refractivity contribution in [2.45, 2.75) is 89.1 Å². The summed E-state index contributed by atoms with van der Waals surface area (Å²) in [6.07, 6.45) is -15.3. The summed E-state index contributed by atoms with van der Waals surface area (Å²) in [7, 11) is 0. The highest BCUT2D eigenvalue weighted by molar-refractivity contribution is 5.73. The highest BCUT2D eigenvalue weighted by atomic mass is 19.1. The van der Waals surface area contributed by atoms with Gasteiger partial charge in [0.05, 0.1) is 6.61 Å². The van der Waals surface area contributed by atoms with Gasteiger partial charge in [-0.15, -0.1) is 0 Å². The van der Waals surface area contributed by atoms with Crippen LogP contribution < -0.4 is 5.32 Å². The second-order valence-corrected chi connectivity index (χ2v) is 8.00. The molecule has 2 aliphatic rings. The smallest absolute Gasteiger partial charge is 0.303 e. The van der Waals surface area contributed by atoms with Crippen LogP contribution in [0.25, 0.3) is 0 Å². The average molecular weight is 511 g/mol. The first kappa shape index (κ1) is 28.8. The van der Waals surface area contributed by atoms with Crippen LogP contribution in [0.5, 0.6) is 0 Å². The largest absolute Gasteiger partial charge is 0.463 e. The topological polar surface area (TPSA) is 196 Å². The monoisotopic (exact) mass is 511 g/mol. The molecule has 0 spiro atoms. The molecule has 2 aliphatic heterocycles. The molecule has 0 radical (unpaired) electrons. The van der Waals surface area contributed by atoms with E-state index in [1.54, 1.807) is 0 Å². The van der Waals surface area contributed by atoms with Crippen LogP contribution in [0.3, 0.4) is 0 Å². The molecule has 200 valence electrons. The lowest BCUT2D eigenvalue weighted by molar-refractivity contribution is -0.337. The van der Waals surface area contributed by atoms with Gasteiger partial charge in [-0.1, -0.05) is 0 Å². The Balaban J connectivity index is 2.40. The number of aliphatic hydroxyl groups excluding tert-OH is 3. The van der Waals surface area contributed by atoms with E-state index >= 15 is 4.39 Å². The fraction of sp³-hybridized carbons (Fsp3) is 0.800. The van der Waals surface area contributed by atoms with E-state index in [0.717, 1.165) is 27.7 Å². The predicted octanol–water partition coefficient (Wildman–Crippen LogP) is -2.56. The zero-order valence-electron chi connectivity index (χ0n) is 19.5. The Morgan fingerprint density at radius 1 is 0.886 bits per heavy atom. The van der Waals surface area contributed by atoms with Crippen LogP contribution in [0.15, 0.2) is 0 Å². The Hall–Kier alpha value is -2.43. The molecule has 2 heterocycles. The van der Waals surface area contributed by atoms with Crippen LogP contribution in [-0.2, 0) is 47.6 Å². The van der Waals surface area contributed by atoms with Crippen molar-refractivity contribution in [3.05, 3.63) is 0 Å². The number of carbonyl (C=O) groups is 4. The van der Waals surface area contributed by atoms with Gasteiger partial charge in [0.25, 0.3) is 0 Å². The first-order valence-corrected chi connectivity index (χ1v) is 10.7. The molecular formula is C20H30FNO13. The van der Waals surface area contributed by atoms with E-state index in [-0.39, 0.29) is 0 Å². The number of carbonyl (C=O) groups excluding carboxylic acids is 4. The lowest BCUT2D eigenvalue weighted by Gasteiger charge is -2.47. The lowest BCUT2D eigenvalue weighted by Crippen LogP contribution is -2.67. The number of esters is 3. The molecule has 0 bridgehead atoms. The number of halogens is 1. The Bertz CT molecular complexity index is 780. The molecule has 2 rings (SSSR count). The summed E-state index contributed by atoms with van der Waals surface area (Å²) in [5.74, 6) is -3.23. The molecule has 0 aromatic heterocycles. The molecule has 1 amide bonds. The maximum atomic E-state index is 15.5. The van der Waals surface area contributed by atoms with Gasteiger partial charge in [0.2, 0.25) is 5.91 Å². The van der Waals surface area contributed by atoms with Crippen LogP contribution in [0.2, 0.25) is 0 Å². The number of alkyl halides is 1. The van der Waals surface area contributed by atoms with Gasteiger partial charge in [0.1, 0.15) is 37.1 Å². The van der Waals surface area contributed by atoms with Gasteiger partial charge in [-0.2, -0.15) is 0 Å². The minimum Gasteiger partial charge on any atom is -0.463 e. The summed E-state index contributed by atoms with van der Waals surface area (Å²) in [5.41, 5.74) is 0. The van der Waals surface area contributed by atoms with Crippen molar-refractivity contribution in [1.29, 1.82) is 0 Å². The van der Waals surface area contributed by atoms with Crippen LogP contribution in [-0.4, -0.2) is 114 Å². The lowest BCUT2D eigenvalue weighted by atomic mass is 9.95. The van der Waals surface area contributed by atoms with Gasteiger partial charge >= 0.3 is 17.9 Å². The average Bonchev–Trinajstić information content (AvgIpc) is 2.75. The minimum absolute atomic E-state index is 0.576. The number of hydrogen-bond donors (Lipinski definition) is 4. The van der Waals surface area contributed by atoms with E-state index in [2.05, 4.69) is 5.32 Å². The molecule has 2 saturated heterocycles. The van der Waals surface area contributed by atoms with Gasteiger partial charge in [0, 0.05) is 27.7 Å². The molecule has 0 aromatic rings. The molecule has 4 N–H and O–H groups in total. The molecule has 2 fully saturated rings. The Kier molecular flexibility index (Phi) is 10.3. The van der Waals surface area contributed by atoms with Gasteiger partial charge in [-0.05, 0) is 0 Å². The van der Waals surface area contributed by atoms with Crippen LogP contribution in [0, 0.1) is 0 Å². The summed E-state index contributed by atoms with van der Waals surface area (Å²) < 4.78 is 46.8. The van der Waals surface area contributed by atoms with Gasteiger partial charge in [0.15, 0.2) is 31.0 Å². The third-order valence-electron chi connectivity index (χ3n) is 5.16. The number of rotatable bonds is 8. The number of hydrogen-bond acceptors (Lipinski definition) is 13. The van der Waals surface area contributed by atoms with Crippen LogP contribution in [0.4, 0.5) is 4.39 Å². The van der Waals surface area contributed by atoms with Gasteiger partial charge < -0.3 is 49.1 Å². The third-order valence-corrected chi connectivity index (χ3v) is 5.16.